The highest BCUT2D eigenvalue weighted by Gasteiger charge is 2.18. The van der Waals surface area contributed by atoms with Crippen molar-refractivity contribution < 1.29 is 9.66 Å². The number of nitro benzene ring substituents is 1. The van der Waals surface area contributed by atoms with Gasteiger partial charge in [0.25, 0.3) is 5.69 Å². The number of aryl methyl sites for hydroxylation is 2. The first-order valence-corrected chi connectivity index (χ1v) is 11.5. The average Bonchev–Trinajstić information content (AvgIpc) is 3.26. The van der Waals surface area contributed by atoms with Crippen LogP contribution in [0.4, 0.5) is 10.8 Å². The molecule has 0 unspecified atom stereocenters. The van der Waals surface area contributed by atoms with Crippen molar-refractivity contribution in [3.8, 4) is 27.4 Å². The minimum absolute atomic E-state index is 0.0525. The number of nitrogens with one attached hydrogen (secondary N) is 1. The van der Waals surface area contributed by atoms with Gasteiger partial charge in [0, 0.05) is 23.3 Å². The van der Waals surface area contributed by atoms with Crippen LogP contribution in [-0.4, -0.2) is 22.7 Å². The highest BCUT2D eigenvalue weighted by atomic mass is 32.1. The van der Waals surface area contributed by atoms with E-state index in [0.717, 1.165) is 44.3 Å². The molecule has 0 aliphatic heterocycles. The van der Waals surface area contributed by atoms with E-state index in [2.05, 4.69) is 42.6 Å². The van der Waals surface area contributed by atoms with Gasteiger partial charge in [-0.2, -0.15) is 5.10 Å². The molecule has 4 rings (SSSR count). The summed E-state index contributed by atoms with van der Waals surface area (Å²) >= 11 is 1.45. The Bertz CT molecular complexity index is 1380. The maximum Gasteiger partial charge on any atom is 0.269 e. The van der Waals surface area contributed by atoms with Gasteiger partial charge in [-0.25, -0.2) is 4.98 Å². The van der Waals surface area contributed by atoms with Crippen molar-refractivity contribution in [1.29, 1.82) is 0 Å². The van der Waals surface area contributed by atoms with E-state index in [4.69, 9.17) is 9.72 Å². The fraction of sp³-hybridized carbons (Fsp3) is 0.154. The van der Waals surface area contributed by atoms with Crippen molar-refractivity contribution in [3.05, 3.63) is 93.5 Å². The van der Waals surface area contributed by atoms with E-state index in [1.54, 1.807) is 19.2 Å². The van der Waals surface area contributed by atoms with Crippen LogP contribution >= 0.6 is 11.3 Å². The Hall–Kier alpha value is -4.04. The zero-order valence-electron chi connectivity index (χ0n) is 19.3. The third kappa shape index (κ3) is 4.82. The summed E-state index contributed by atoms with van der Waals surface area (Å²) in [4.78, 5) is 16.5. The quantitative estimate of drug-likeness (QED) is 0.180. The van der Waals surface area contributed by atoms with Crippen LogP contribution in [0.2, 0.25) is 0 Å². The number of nitro groups is 1. The number of hydrogen-bond acceptors (Lipinski definition) is 7. The number of para-hydroxylation sites is 1. The number of hydrogen-bond donors (Lipinski definition) is 1. The standard InChI is InChI=1S/C26H24N4O3S/c1-16-9-14-21(17(2)15-16)24-25(19-10-12-20(13-11-19)30(31)32)34-26(27-24)29-28-18(3)22-7-5-6-8-23(22)33-4/h5-15H,1-4H3,(H,27,29)/b28-18-. The molecule has 1 aromatic heterocycles. The molecule has 0 saturated heterocycles. The zero-order chi connectivity index (χ0) is 24.2. The third-order valence-corrected chi connectivity index (χ3v) is 6.43. The summed E-state index contributed by atoms with van der Waals surface area (Å²) in [6.07, 6.45) is 0. The molecule has 0 amide bonds. The van der Waals surface area contributed by atoms with Gasteiger partial charge in [0.1, 0.15) is 5.75 Å². The summed E-state index contributed by atoms with van der Waals surface area (Å²) < 4.78 is 5.44. The van der Waals surface area contributed by atoms with Crippen molar-refractivity contribution in [2.24, 2.45) is 5.10 Å². The fourth-order valence-electron chi connectivity index (χ4n) is 3.70. The lowest BCUT2D eigenvalue weighted by molar-refractivity contribution is -0.384. The molecule has 8 heteroatoms. The van der Waals surface area contributed by atoms with E-state index in [1.807, 2.05) is 31.2 Å². The van der Waals surface area contributed by atoms with Gasteiger partial charge in [0.2, 0.25) is 5.13 Å². The summed E-state index contributed by atoms with van der Waals surface area (Å²) in [5.74, 6) is 0.743. The summed E-state index contributed by atoms with van der Waals surface area (Å²) in [5.41, 5.74) is 9.74. The number of ether oxygens (including phenoxy) is 1. The molecule has 4 aromatic rings. The average molecular weight is 473 g/mol. The third-order valence-electron chi connectivity index (χ3n) is 5.42. The van der Waals surface area contributed by atoms with E-state index in [1.165, 1.54) is 29.0 Å². The Morgan fingerprint density at radius 1 is 1.09 bits per heavy atom. The molecule has 0 spiro atoms. The number of nitrogens with zero attached hydrogens (tertiary/aromatic N) is 3. The number of benzene rings is 3. The lowest BCUT2D eigenvalue weighted by Crippen LogP contribution is -2.02. The maximum absolute atomic E-state index is 11.1. The number of rotatable bonds is 7. The Morgan fingerprint density at radius 3 is 2.50 bits per heavy atom. The van der Waals surface area contributed by atoms with Crippen molar-refractivity contribution >= 4 is 27.9 Å². The van der Waals surface area contributed by atoms with Gasteiger partial charge in [-0.1, -0.05) is 47.2 Å². The number of hydrazone groups is 1. The predicted octanol–water partition coefficient (Wildman–Crippen LogP) is 6.85. The van der Waals surface area contributed by atoms with E-state index in [9.17, 15) is 10.1 Å². The topological polar surface area (TPSA) is 89.7 Å². The first-order chi connectivity index (χ1) is 16.4. The number of thiazole rings is 1. The highest BCUT2D eigenvalue weighted by Crippen LogP contribution is 2.40. The van der Waals surface area contributed by atoms with Crippen LogP contribution in [0.25, 0.3) is 21.7 Å². The molecule has 34 heavy (non-hydrogen) atoms. The number of aromatic nitrogens is 1. The second-order valence-electron chi connectivity index (χ2n) is 7.83. The minimum atomic E-state index is -0.399. The molecule has 0 radical (unpaired) electrons. The van der Waals surface area contributed by atoms with Crippen LogP contribution < -0.4 is 10.2 Å². The van der Waals surface area contributed by atoms with Gasteiger partial charge in [-0.3, -0.25) is 15.5 Å². The Balaban J connectivity index is 1.75. The molecule has 0 aliphatic carbocycles. The van der Waals surface area contributed by atoms with Crippen molar-refractivity contribution in [2.75, 3.05) is 12.5 Å². The first-order valence-electron chi connectivity index (χ1n) is 10.6. The molecule has 0 atom stereocenters. The van der Waals surface area contributed by atoms with E-state index < -0.39 is 4.92 Å². The summed E-state index contributed by atoms with van der Waals surface area (Å²) in [6.45, 7) is 6.01. The van der Waals surface area contributed by atoms with Crippen molar-refractivity contribution in [3.63, 3.8) is 0 Å². The van der Waals surface area contributed by atoms with Crippen LogP contribution in [0, 0.1) is 24.0 Å². The molecule has 0 fully saturated rings. The van der Waals surface area contributed by atoms with Gasteiger partial charge < -0.3 is 4.74 Å². The van der Waals surface area contributed by atoms with E-state index >= 15 is 0 Å². The van der Waals surface area contributed by atoms with Crippen LogP contribution in [0.1, 0.15) is 23.6 Å². The Kier molecular flexibility index (Phi) is 6.70. The van der Waals surface area contributed by atoms with Gasteiger partial charge in [-0.15, -0.1) is 0 Å². The monoisotopic (exact) mass is 472 g/mol. The van der Waals surface area contributed by atoms with Gasteiger partial charge >= 0.3 is 0 Å². The zero-order valence-corrected chi connectivity index (χ0v) is 20.1. The summed E-state index contributed by atoms with van der Waals surface area (Å²) in [6, 6.07) is 20.5. The SMILES string of the molecule is COc1ccccc1/C(C)=N\Nc1nc(-c2ccc(C)cc2C)c(-c2ccc([N+](=O)[O-])cc2)s1. The van der Waals surface area contributed by atoms with Gasteiger partial charge in [0.05, 0.1) is 28.3 Å². The predicted molar refractivity (Wildman–Crippen MR) is 138 cm³/mol. The summed E-state index contributed by atoms with van der Waals surface area (Å²) in [7, 11) is 1.63. The van der Waals surface area contributed by atoms with Crippen LogP contribution in [-0.2, 0) is 0 Å². The molecule has 1 heterocycles. The Labute approximate surface area is 201 Å². The normalized spacial score (nSPS) is 11.4. The minimum Gasteiger partial charge on any atom is -0.496 e. The van der Waals surface area contributed by atoms with Crippen LogP contribution in [0.5, 0.6) is 5.75 Å². The molecular formula is C26H24N4O3S. The van der Waals surface area contributed by atoms with E-state index in [-0.39, 0.29) is 5.69 Å². The smallest absolute Gasteiger partial charge is 0.269 e. The fourth-order valence-corrected chi connectivity index (χ4v) is 4.62. The molecule has 172 valence electrons. The molecule has 0 saturated carbocycles. The van der Waals surface area contributed by atoms with Gasteiger partial charge in [-0.05, 0) is 56.2 Å². The Morgan fingerprint density at radius 2 is 1.82 bits per heavy atom. The van der Waals surface area contributed by atoms with Crippen LogP contribution in [0.3, 0.4) is 0 Å². The molecular weight excluding hydrogens is 448 g/mol. The summed E-state index contributed by atoms with van der Waals surface area (Å²) in [5, 5.41) is 16.2. The number of anilines is 1. The highest BCUT2D eigenvalue weighted by molar-refractivity contribution is 7.19. The molecule has 1 N–H and O–H groups in total. The maximum atomic E-state index is 11.1. The molecule has 7 nitrogen and oxygen atoms in total. The van der Waals surface area contributed by atoms with E-state index in [0.29, 0.717) is 5.13 Å². The second-order valence-corrected chi connectivity index (χ2v) is 8.83. The second kappa shape index (κ2) is 9.84. The number of methoxy groups -OCH3 is 1. The number of non-ortho nitro benzene ring substituents is 1. The lowest BCUT2D eigenvalue weighted by atomic mass is 10.0. The largest absolute Gasteiger partial charge is 0.496 e. The van der Waals surface area contributed by atoms with Crippen molar-refractivity contribution in [1.82, 2.24) is 4.98 Å². The van der Waals surface area contributed by atoms with Crippen molar-refractivity contribution in [2.45, 2.75) is 20.8 Å². The molecule has 0 aliphatic rings. The first kappa shape index (κ1) is 23.1. The molecule has 0 bridgehead atoms. The lowest BCUT2D eigenvalue weighted by Gasteiger charge is -2.07. The molecule has 3 aromatic carbocycles. The van der Waals surface area contributed by atoms with Crippen LogP contribution in [0.15, 0.2) is 71.8 Å². The van der Waals surface area contributed by atoms with Gasteiger partial charge in [0.15, 0.2) is 0 Å².